The molecule has 0 atom stereocenters. The van der Waals surface area contributed by atoms with Crippen molar-refractivity contribution in [3.8, 4) is 11.6 Å². The van der Waals surface area contributed by atoms with Crippen LogP contribution in [0.5, 0.6) is 11.6 Å². The first-order valence-corrected chi connectivity index (χ1v) is 7.09. The Balaban J connectivity index is 2.45. The lowest BCUT2D eigenvalue weighted by Gasteiger charge is -2.16. The number of para-hydroxylation sites is 1. The molecule has 0 saturated heterocycles. The Bertz CT molecular complexity index is 636. The van der Waals surface area contributed by atoms with E-state index in [1.165, 1.54) is 6.33 Å². The second-order valence-corrected chi connectivity index (χ2v) is 4.99. The predicted molar refractivity (Wildman–Crippen MR) is 86.9 cm³/mol. The zero-order valence-corrected chi connectivity index (χ0v) is 12.9. The number of aromatic nitrogens is 2. The molecule has 0 unspecified atom stereocenters. The van der Waals surface area contributed by atoms with Crippen molar-refractivity contribution in [2.75, 3.05) is 12.4 Å². The first-order chi connectivity index (χ1) is 10.2. The van der Waals surface area contributed by atoms with Gasteiger partial charge in [0.05, 0.1) is 5.56 Å². The number of rotatable bonds is 5. The summed E-state index contributed by atoms with van der Waals surface area (Å²) < 4.78 is 6.05. The number of ether oxygens (including phenoxy) is 1. The van der Waals surface area contributed by atoms with Gasteiger partial charge in [-0.2, -0.15) is 0 Å². The molecule has 4 heteroatoms. The van der Waals surface area contributed by atoms with Crippen molar-refractivity contribution in [2.24, 2.45) is 0 Å². The van der Waals surface area contributed by atoms with Gasteiger partial charge < -0.3 is 10.1 Å². The standard InChI is InChI=1S/C17H21N3O/c1-5-8-13-9-6-7-10-14(13)21-17-15(12(2)3)16(18-4)19-11-20-17/h5-12H,1-4H3,(H,18,19,20)/b8-5+. The van der Waals surface area contributed by atoms with Gasteiger partial charge in [0, 0.05) is 12.6 Å². The molecule has 0 radical (unpaired) electrons. The second-order valence-electron chi connectivity index (χ2n) is 4.99. The van der Waals surface area contributed by atoms with Crippen LogP contribution in [0.1, 0.15) is 37.8 Å². The number of benzene rings is 1. The monoisotopic (exact) mass is 283 g/mol. The van der Waals surface area contributed by atoms with Crippen LogP contribution in [0, 0.1) is 0 Å². The predicted octanol–water partition coefficient (Wildman–Crippen LogP) is 4.47. The molecule has 1 aromatic heterocycles. The third-order valence-corrected chi connectivity index (χ3v) is 3.13. The highest BCUT2D eigenvalue weighted by molar-refractivity contribution is 5.58. The van der Waals surface area contributed by atoms with Crippen LogP contribution in [0.2, 0.25) is 0 Å². The largest absolute Gasteiger partial charge is 0.438 e. The Labute approximate surface area is 125 Å². The normalized spacial score (nSPS) is 11.1. The smallest absolute Gasteiger partial charge is 0.227 e. The number of nitrogens with one attached hydrogen (secondary N) is 1. The topological polar surface area (TPSA) is 47.0 Å². The number of nitrogens with zero attached hydrogens (tertiary/aromatic N) is 2. The van der Waals surface area contributed by atoms with E-state index in [9.17, 15) is 0 Å². The number of allylic oxidation sites excluding steroid dienone is 1. The molecule has 0 amide bonds. The van der Waals surface area contributed by atoms with Crippen LogP contribution in [-0.4, -0.2) is 17.0 Å². The highest BCUT2D eigenvalue weighted by Gasteiger charge is 2.16. The van der Waals surface area contributed by atoms with Gasteiger partial charge in [0.25, 0.3) is 0 Å². The van der Waals surface area contributed by atoms with Crippen molar-refractivity contribution in [2.45, 2.75) is 26.7 Å². The SMILES string of the molecule is C/C=C/c1ccccc1Oc1ncnc(NC)c1C(C)C. The molecule has 2 rings (SSSR count). The molecule has 0 aliphatic rings. The fourth-order valence-electron chi connectivity index (χ4n) is 2.18. The third-order valence-electron chi connectivity index (χ3n) is 3.13. The van der Waals surface area contributed by atoms with E-state index in [0.29, 0.717) is 5.88 Å². The quantitative estimate of drug-likeness (QED) is 0.879. The molecular formula is C17H21N3O. The summed E-state index contributed by atoms with van der Waals surface area (Å²) in [7, 11) is 1.85. The van der Waals surface area contributed by atoms with Crippen LogP contribution in [0.3, 0.4) is 0 Å². The van der Waals surface area contributed by atoms with Crippen molar-refractivity contribution in [1.82, 2.24) is 9.97 Å². The maximum atomic E-state index is 6.05. The van der Waals surface area contributed by atoms with E-state index in [1.807, 2.05) is 50.4 Å². The van der Waals surface area contributed by atoms with E-state index in [-0.39, 0.29) is 5.92 Å². The summed E-state index contributed by atoms with van der Waals surface area (Å²) in [6.07, 6.45) is 5.53. The highest BCUT2D eigenvalue weighted by Crippen LogP contribution is 2.34. The molecule has 4 nitrogen and oxygen atoms in total. The van der Waals surface area contributed by atoms with Gasteiger partial charge in [-0.25, -0.2) is 9.97 Å². The van der Waals surface area contributed by atoms with E-state index in [0.717, 1.165) is 22.7 Å². The van der Waals surface area contributed by atoms with E-state index < -0.39 is 0 Å². The first kappa shape index (κ1) is 15.0. The van der Waals surface area contributed by atoms with Crippen molar-refractivity contribution in [3.05, 3.63) is 47.8 Å². The number of hydrogen-bond acceptors (Lipinski definition) is 4. The second kappa shape index (κ2) is 6.88. The van der Waals surface area contributed by atoms with Crippen LogP contribution >= 0.6 is 0 Å². The first-order valence-electron chi connectivity index (χ1n) is 7.09. The molecule has 0 fully saturated rings. The molecule has 0 aliphatic heterocycles. The number of anilines is 1. The summed E-state index contributed by atoms with van der Waals surface area (Å²) >= 11 is 0. The van der Waals surface area contributed by atoms with E-state index in [2.05, 4.69) is 29.1 Å². The maximum absolute atomic E-state index is 6.05. The minimum atomic E-state index is 0.262. The van der Waals surface area contributed by atoms with Gasteiger partial charge in [-0.1, -0.05) is 44.2 Å². The average Bonchev–Trinajstić information content (AvgIpc) is 2.49. The molecule has 0 bridgehead atoms. The Kier molecular flexibility index (Phi) is 4.93. The average molecular weight is 283 g/mol. The van der Waals surface area contributed by atoms with E-state index in [4.69, 9.17) is 4.74 Å². The highest BCUT2D eigenvalue weighted by atomic mass is 16.5. The van der Waals surface area contributed by atoms with Gasteiger partial charge in [0.2, 0.25) is 5.88 Å². The lowest BCUT2D eigenvalue weighted by atomic mass is 10.1. The fraction of sp³-hybridized carbons (Fsp3) is 0.294. The van der Waals surface area contributed by atoms with Gasteiger partial charge in [-0.3, -0.25) is 0 Å². The van der Waals surface area contributed by atoms with Crippen LogP contribution in [0.25, 0.3) is 6.08 Å². The van der Waals surface area contributed by atoms with E-state index in [1.54, 1.807) is 0 Å². The van der Waals surface area contributed by atoms with Crippen molar-refractivity contribution >= 4 is 11.9 Å². The Morgan fingerprint density at radius 3 is 2.62 bits per heavy atom. The molecule has 0 aliphatic carbocycles. The van der Waals surface area contributed by atoms with Gasteiger partial charge in [0.1, 0.15) is 17.9 Å². The molecule has 0 spiro atoms. The fourth-order valence-corrected chi connectivity index (χ4v) is 2.18. The minimum absolute atomic E-state index is 0.262. The zero-order chi connectivity index (χ0) is 15.2. The van der Waals surface area contributed by atoms with Gasteiger partial charge in [-0.05, 0) is 18.9 Å². The Hall–Kier alpha value is -2.36. The third kappa shape index (κ3) is 3.40. The molecule has 1 N–H and O–H groups in total. The maximum Gasteiger partial charge on any atom is 0.227 e. The molecular weight excluding hydrogens is 262 g/mol. The van der Waals surface area contributed by atoms with Crippen molar-refractivity contribution < 1.29 is 4.74 Å². The Morgan fingerprint density at radius 1 is 1.19 bits per heavy atom. The lowest BCUT2D eigenvalue weighted by molar-refractivity contribution is 0.451. The van der Waals surface area contributed by atoms with Crippen LogP contribution in [0.15, 0.2) is 36.7 Å². The number of hydrogen-bond donors (Lipinski definition) is 1. The molecule has 110 valence electrons. The molecule has 21 heavy (non-hydrogen) atoms. The lowest BCUT2D eigenvalue weighted by Crippen LogP contribution is -2.05. The Morgan fingerprint density at radius 2 is 1.95 bits per heavy atom. The summed E-state index contributed by atoms with van der Waals surface area (Å²) in [5.74, 6) is 2.45. The van der Waals surface area contributed by atoms with Crippen LogP contribution in [0.4, 0.5) is 5.82 Å². The summed E-state index contributed by atoms with van der Waals surface area (Å²) in [6.45, 7) is 6.19. The summed E-state index contributed by atoms with van der Waals surface area (Å²) in [5.41, 5.74) is 2.01. The molecule has 2 aromatic rings. The molecule has 1 aromatic carbocycles. The van der Waals surface area contributed by atoms with Crippen LogP contribution < -0.4 is 10.1 Å². The van der Waals surface area contributed by atoms with Gasteiger partial charge >= 0.3 is 0 Å². The van der Waals surface area contributed by atoms with Gasteiger partial charge in [0.15, 0.2) is 0 Å². The minimum Gasteiger partial charge on any atom is -0.438 e. The summed E-state index contributed by atoms with van der Waals surface area (Å²) in [5, 5.41) is 3.10. The molecule has 0 saturated carbocycles. The van der Waals surface area contributed by atoms with E-state index >= 15 is 0 Å². The zero-order valence-electron chi connectivity index (χ0n) is 12.9. The summed E-state index contributed by atoms with van der Waals surface area (Å²) in [4.78, 5) is 8.57. The summed E-state index contributed by atoms with van der Waals surface area (Å²) in [6, 6.07) is 7.91. The van der Waals surface area contributed by atoms with Gasteiger partial charge in [-0.15, -0.1) is 0 Å². The molecule has 1 heterocycles. The van der Waals surface area contributed by atoms with Crippen LogP contribution in [-0.2, 0) is 0 Å². The van der Waals surface area contributed by atoms with Crippen molar-refractivity contribution in [3.63, 3.8) is 0 Å². The van der Waals surface area contributed by atoms with Crippen molar-refractivity contribution in [1.29, 1.82) is 0 Å².